The van der Waals surface area contributed by atoms with Crippen molar-refractivity contribution < 1.29 is 14.3 Å². The van der Waals surface area contributed by atoms with Crippen LogP contribution >= 0.6 is 0 Å². The largest absolute Gasteiger partial charge is 0.497 e. The van der Waals surface area contributed by atoms with E-state index in [2.05, 4.69) is 32.9 Å². The van der Waals surface area contributed by atoms with Gasteiger partial charge in [-0.2, -0.15) is 10.1 Å². The molecule has 0 radical (unpaired) electrons. The van der Waals surface area contributed by atoms with Crippen molar-refractivity contribution in [2.45, 2.75) is 6.92 Å². The van der Waals surface area contributed by atoms with Crippen LogP contribution in [0.4, 0.5) is 11.8 Å². The smallest absolute Gasteiger partial charge is 0.272 e. The van der Waals surface area contributed by atoms with Crippen LogP contribution in [-0.4, -0.2) is 109 Å². The Balaban J connectivity index is 1.28. The Morgan fingerprint density at radius 1 is 0.842 bits per heavy atom. The van der Waals surface area contributed by atoms with Crippen LogP contribution < -0.4 is 19.3 Å². The highest BCUT2D eigenvalue weighted by atomic mass is 16.5. The fourth-order valence-corrected chi connectivity index (χ4v) is 4.96. The summed E-state index contributed by atoms with van der Waals surface area (Å²) < 4.78 is 12.5. The van der Waals surface area contributed by atoms with Crippen molar-refractivity contribution >= 4 is 17.7 Å². The minimum atomic E-state index is -0.0453. The molecule has 1 aromatic carbocycles. The number of methoxy groups -OCH3 is 2. The van der Waals surface area contributed by atoms with Crippen LogP contribution in [0.1, 0.15) is 16.2 Å². The number of aryl methyl sites for hydroxylation is 2. The van der Waals surface area contributed by atoms with Gasteiger partial charge >= 0.3 is 0 Å². The molecule has 11 heteroatoms. The van der Waals surface area contributed by atoms with Gasteiger partial charge in [0.1, 0.15) is 23.0 Å². The molecule has 4 heterocycles. The minimum Gasteiger partial charge on any atom is -0.497 e. The first-order valence-electron chi connectivity index (χ1n) is 13.0. The molecule has 0 unspecified atom stereocenters. The molecule has 1 amide bonds. The lowest BCUT2D eigenvalue weighted by atomic mass is 10.1. The minimum absolute atomic E-state index is 0.0453. The molecule has 0 bridgehead atoms. The van der Waals surface area contributed by atoms with E-state index in [1.54, 1.807) is 25.9 Å². The third-order valence-corrected chi connectivity index (χ3v) is 7.29. The lowest BCUT2D eigenvalue weighted by molar-refractivity contribution is 0.0735. The molecule has 2 saturated heterocycles. The number of amides is 1. The average molecular weight is 521 g/mol. The van der Waals surface area contributed by atoms with E-state index in [-0.39, 0.29) is 5.91 Å². The number of piperazine rings is 2. The van der Waals surface area contributed by atoms with Crippen molar-refractivity contribution in [1.29, 1.82) is 0 Å². The molecule has 2 aliphatic rings. The second kappa shape index (κ2) is 10.9. The molecule has 0 spiro atoms. The first-order chi connectivity index (χ1) is 18.4. The van der Waals surface area contributed by atoms with Gasteiger partial charge in [-0.25, -0.2) is 4.98 Å². The van der Waals surface area contributed by atoms with Gasteiger partial charge in [-0.05, 0) is 38.2 Å². The highest BCUT2D eigenvalue weighted by Crippen LogP contribution is 2.33. The first-order valence-corrected chi connectivity index (χ1v) is 13.0. The zero-order valence-electron chi connectivity index (χ0n) is 22.8. The van der Waals surface area contributed by atoms with Crippen molar-refractivity contribution in [3.05, 3.63) is 41.7 Å². The maximum atomic E-state index is 13.5. The summed E-state index contributed by atoms with van der Waals surface area (Å²) in [6.07, 6.45) is 0. The lowest BCUT2D eigenvalue weighted by Crippen LogP contribution is -2.50. The number of aromatic nitrogens is 4. The summed E-state index contributed by atoms with van der Waals surface area (Å²) in [6, 6.07) is 9.42. The topological polar surface area (TPSA) is 92.1 Å². The Bertz CT molecular complexity index is 1290. The van der Waals surface area contributed by atoms with Crippen molar-refractivity contribution in [1.82, 2.24) is 29.5 Å². The number of anilines is 2. The van der Waals surface area contributed by atoms with Gasteiger partial charge in [-0.1, -0.05) is 0 Å². The summed E-state index contributed by atoms with van der Waals surface area (Å²) in [5.41, 5.74) is 2.93. The monoisotopic (exact) mass is 520 g/mol. The predicted octanol–water partition coefficient (Wildman–Crippen LogP) is 1.92. The predicted molar refractivity (Wildman–Crippen MR) is 146 cm³/mol. The zero-order valence-corrected chi connectivity index (χ0v) is 22.8. The maximum Gasteiger partial charge on any atom is 0.272 e. The van der Waals surface area contributed by atoms with Gasteiger partial charge in [0, 0.05) is 76.7 Å². The third-order valence-electron chi connectivity index (χ3n) is 7.29. The fourth-order valence-electron chi connectivity index (χ4n) is 4.96. The summed E-state index contributed by atoms with van der Waals surface area (Å²) >= 11 is 0. The Kier molecular flexibility index (Phi) is 7.37. The van der Waals surface area contributed by atoms with E-state index < -0.39 is 0 Å². The highest BCUT2D eigenvalue weighted by molar-refractivity contribution is 5.94. The van der Waals surface area contributed by atoms with E-state index >= 15 is 0 Å². The zero-order chi connectivity index (χ0) is 26.8. The maximum absolute atomic E-state index is 13.5. The van der Waals surface area contributed by atoms with Crippen LogP contribution in [0.5, 0.6) is 11.5 Å². The molecule has 0 aliphatic carbocycles. The third kappa shape index (κ3) is 5.24. The van der Waals surface area contributed by atoms with Crippen LogP contribution in [0.2, 0.25) is 0 Å². The molecule has 5 rings (SSSR count). The lowest BCUT2D eigenvalue weighted by Gasteiger charge is -2.36. The number of carbonyl (C=O) groups excluding carboxylic acids is 1. The summed E-state index contributed by atoms with van der Waals surface area (Å²) in [5, 5.41) is 4.61. The summed E-state index contributed by atoms with van der Waals surface area (Å²) in [4.78, 5) is 31.8. The standard InChI is InChI=1S/C27H36N8O3/c1-19-16-25(33-10-8-31(2)9-11-33)29-27(28-19)35-14-12-34(13-15-35)26(36)23-18-22(30-32(23)3)21-17-20(37-4)6-7-24(21)38-5/h6-7,16-18H,8-15H2,1-5H3. The number of carbonyl (C=O) groups is 1. The van der Waals surface area contributed by atoms with Crippen molar-refractivity contribution in [2.24, 2.45) is 7.05 Å². The molecule has 0 saturated carbocycles. The molecule has 2 fully saturated rings. The van der Waals surface area contributed by atoms with Crippen molar-refractivity contribution in [3.63, 3.8) is 0 Å². The number of likely N-dealkylation sites (N-methyl/N-ethyl adjacent to an activating group) is 1. The Hall–Kier alpha value is -3.86. The molecule has 38 heavy (non-hydrogen) atoms. The molecule has 0 atom stereocenters. The molecule has 202 valence electrons. The summed E-state index contributed by atoms with van der Waals surface area (Å²) in [5.74, 6) is 3.04. The first kappa shape index (κ1) is 25.8. The normalized spacial score (nSPS) is 16.6. The molecule has 0 N–H and O–H groups in total. The fraction of sp³-hybridized carbons (Fsp3) is 0.481. The Morgan fingerprint density at radius 3 is 2.24 bits per heavy atom. The highest BCUT2D eigenvalue weighted by Gasteiger charge is 2.27. The molecule has 11 nitrogen and oxygen atoms in total. The van der Waals surface area contributed by atoms with Gasteiger partial charge in [0.25, 0.3) is 5.91 Å². The van der Waals surface area contributed by atoms with E-state index in [0.717, 1.165) is 49.2 Å². The number of ether oxygens (including phenoxy) is 2. The van der Waals surface area contributed by atoms with Crippen LogP contribution in [-0.2, 0) is 7.05 Å². The summed E-state index contributed by atoms with van der Waals surface area (Å²) in [6.45, 7) is 8.51. The average Bonchev–Trinajstić information content (AvgIpc) is 3.33. The Labute approximate surface area is 223 Å². The molecular weight excluding hydrogens is 484 g/mol. The van der Waals surface area contributed by atoms with E-state index in [1.165, 1.54) is 0 Å². The van der Waals surface area contributed by atoms with Crippen LogP contribution in [0, 0.1) is 6.92 Å². The second-order valence-corrected chi connectivity index (χ2v) is 9.84. The molecular formula is C27H36N8O3. The van der Waals surface area contributed by atoms with E-state index in [0.29, 0.717) is 49.1 Å². The number of benzene rings is 1. The number of nitrogens with zero attached hydrogens (tertiary/aromatic N) is 8. The number of hydrogen-bond donors (Lipinski definition) is 0. The van der Waals surface area contributed by atoms with Crippen LogP contribution in [0.3, 0.4) is 0 Å². The van der Waals surface area contributed by atoms with E-state index in [1.807, 2.05) is 36.1 Å². The summed E-state index contributed by atoms with van der Waals surface area (Å²) in [7, 11) is 7.18. The van der Waals surface area contributed by atoms with Gasteiger partial charge in [0.15, 0.2) is 0 Å². The second-order valence-electron chi connectivity index (χ2n) is 9.84. The van der Waals surface area contributed by atoms with Gasteiger partial charge in [-0.15, -0.1) is 0 Å². The number of hydrogen-bond acceptors (Lipinski definition) is 9. The van der Waals surface area contributed by atoms with E-state index in [4.69, 9.17) is 19.4 Å². The van der Waals surface area contributed by atoms with Crippen LogP contribution in [0.25, 0.3) is 11.3 Å². The van der Waals surface area contributed by atoms with Crippen LogP contribution in [0.15, 0.2) is 30.3 Å². The molecule has 3 aromatic rings. The van der Waals surface area contributed by atoms with Gasteiger partial charge < -0.3 is 29.1 Å². The van der Waals surface area contributed by atoms with Crippen molar-refractivity contribution in [2.75, 3.05) is 83.4 Å². The molecule has 2 aliphatic heterocycles. The Morgan fingerprint density at radius 2 is 1.55 bits per heavy atom. The quantitative estimate of drug-likeness (QED) is 0.483. The SMILES string of the molecule is COc1ccc(OC)c(-c2cc(C(=O)N3CCN(c4nc(C)cc(N5CCN(C)CC5)n4)CC3)n(C)n2)c1. The molecule has 2 aromatic heterocycles. The van der Waals surface area contributed by atoms with Gasteiger partial charge in [-0.3, -0.25) is 9.48 Å². The van der Waals surface area contributed by atoms with E-state index in [9.17, 15) is 4.79 Å². The van der Waals surface area contributed by atoms with Gasteiger partial charge in [0.05, 0.1) is 19.9 Å². The van der Waals surface area contributed by atoms with Crippen molar-refractivity contribution in [3.8, 4) is 22.8 Å². The number of rotatable bonds is 6. The van der Waals surface area contributed by atoms with Gasteiger partial charge in [0.2, 0.25) is 5.95 Å².